The van der Waals surface area contributed by atoms with E-state index in [0.29, 0.717) is 17.8 Å². The molecule has 4 rings (SSSR count). The fourth-order valence-electron chi connectivity index (χ4n) is 4.01. The molecule has 1 saturated heterocycles. The van der Waals surface area contributed by atoms with Crippen LogP contribution in [0, 0.1) is 12.8 Å². The summed E-state index contributed by atoms with van der Waals surface area (Å²) in [5, 5.41) is 16.6. The lowest BCUT2D eigenvalue weighted by atomic mass is 10.1. The van der Waals surface area contributed by atoms with Gasteiger partial charge in [0.2, 0.25) is 11.5 Å². The number of hydrogen-bond acceptors (Lipinski definition) is 4. The molecule has 2 aliphatic rings. The van der Waals surface area contributed by atoms with Crippen LogP contribution in [-0.4, -0.2) is 62.9 Å². The zero-order valence-electron chi connectivity index (χ0n) is 18.8. The number of rotatable bonds is 6. The van der Waals surface area contributed by atoms with E-state index in [2.05, 4.69) is 10.4 Å². The number of aromatic amines is 1. The number of fused-ring (bicyclic) bond motifs is 1. The molecule has 0 radical (unpaired) electrons. The normalized spacial score (nSPS) is 21.0. The molecule has 33 heavy (non-hydrogen) atoms. The van der Waals surface area contributed by atoms with Crippen molar-refractivity contribution in [2.75, 3.05) is 13.1 Å². The lowest BCUT2D eigenvalue weighted by molar-refractivity contribution is -0.686. The molecule has 0 unspecified atom stereocenters. The zero-order chi connectivity index (χ0) is 24.0. The van der Waals surface area contributed by atoms with E-state index < -0.39 is 35.6 Å². The number of carbonyl (C=O) groups is 2. The molecule has 2 amide bonds. The highest BCUT2D eigenvalue weighted by atomic mass is 19.2. The average Bonchev–Trinajstić information content (AvgIpc) is 3.40. The number of H-pyrrole nitrogens is 1. The molecule has 2 fully saturated rings. The predicted molar refractivity (Wildman–Crippen MR) is 115 cm³/mol. The largest absolute Gasteiger partial charge is 0.477 e. The van der Waals surface area contributed by atoms with Crippen molar-refractivity contribution >= 4 is 23.5 Å². The van der Waals surface area contributed by atoms with Crippen molar-refractivity contribution < 1.29 is 28.0 Å². The van der Waals surface area contributed by atoms with Crippen LogP contribution in [-0.2, 0) is 11.3 Å². The molecule has 0 aromatic carbocycles. The highest BCUT2D eigenvalue weighted by molar-refractivity contribution is 5.96. The van der Waals surface area contributed by atoms with Crippen LogP contribution >= 0.6 is 0 Å². The summed E-state index contributed by atoms with van der Waals surface area (Å²) in [6.07, 6.45) is 0.881. The molecule has 1 saturated carbocycles. The molecule has 3 heterocycles. The number of nitrogens with zero attached hydrogens (tertiary/aromatic N) is 3. The Hall–Kier alpha value is -3.24. The molecule has 2 atom stereocenters. The van der Waals surface area contributed by atoms with Gasteiger partial charge >= 0.3 is 17.1 Å². The standard InChI is InChI=1S/C22H27F2N5O4/c1-11(2)8-28-20-14(6-7-17(30)27-9-15(23)16(24)10-27)12(3)26-29(20)22(33)18(21(28)32)19(31)25-13-4-5-13/h6-7,11,13,15-16H,4-5,8-10H2,1-3H3,(H2,25,31,32,33)/p+1/b7-6+/t15-,16+. The highest BCUT2D eigenvalue weighted by Gasteiger charge is 2.36. The number of hydrogen-bond donors (Lipinski definition) is 3. The molecular formula is C22H28F2N5O4+. The molecule has 2 aromatic rings. The first kappa shape index (κ1) is 22.9. The molecule has 2 aromatic heterocycles. The van der Waals surface area contributed by atoms with Crippen LogP contribution in [0.1, 0.15) is 48.3 Å². The van der Waals surface area contributed by atoms with Gasteiger partial charge < -0.3 is 15.3 Å². The fraction of sp³-hybridized carbons (Fsp3) is 0.545. The monoisotopic (exact) mass is 464 g/mol. The van der Waals surface area contributed by atoms with Crippen molar-refractivity contribution in [1.29, 1.82) is 0 Å². The number of aryl methyl sites for hydroxylation is 1. The van der Waals surface area contributed by atoms with Gasteiger partial charge in [-0.05, 0) is 31.8 Å². The third-order valence-corrected chi connectivity index (χ3v) is 5.86. The van der Waals surface area contributed by atoms with Gasteiger partial charge in [-0.25, -0.2) is 18.7 Å². The summed E-state index contributed by atoms with van der Waals surface area (Å²) < 4.78 is 29.6. The fourth-order valence-corrected chi connectivity index (χ4v) is 4.01. The van der Waals surface area contributed by atoms with Crippen LogP contribution in [0.25, 0.3) is 11.7 Å². The maximum Gasteiger partial charge on any atom is 0.378 e. The number of nitrogens with one attached hydrogen (secondary N) is 2. The van der Waals surface area contributed by atoms with E-state index in [1.165, 1.54) is 21.2 Å². The van der Waals surface area contributed by atoms with E-state index in [-0.39, 0.29) is 36.3 Å². The topological polar surface area (TPSA) is 111 Å². The number of likely N-dealkylation sites (tertiary alicyclic amines) is 1. The molecule has 11 heteroatoms. The Bertz CT molecular complexity index is 1190. The van der Waals surface area contributed by atoms with Gasteiger partial charge in [-0.2, -0.15) is 4.57 Å². The van der Waals surface area contributed by atoms with Crippen molar-refractivity contribution in [3.8, 4) is 5.88 Å². The SMILES string of the molecule is Cc1[nH]n2c(=O)c(C(=O)NC3CC3)c(O)[n+](CC(C)C)c2c1/C=C/C(=O)N1C[C@@H](F)[C@@H](F)C1. The van der Waals surface area contributed by atoms with Crippen molar-refractivity contribution in [2.24, 2.45) is 5.92 Å². The third kappa shape index (κ3) is 4.36. The van der Waals surface area contributed by atoms with E-state index in [0.717, 1.165) is 17.7 Å². The second kappa shape index (κ2) is 8.60. The first-order chi connectivity index (χ1) is 15.6. The van der Waals surface area contributed by atoms with E-state index >= 15 is 0 Å². The molecule has 9 nitrogen and oxygen atoms in total. The summed E-state index contributed by atoms with van der Waals surface area (Å²) in [5.74, 6) is -1.59. The average molecular weight is 464 g/mol. The summed E-state index contributed by atoms with van der Waals surface area (Å²) in [5.41, 5.74) is 0.172. The molecule has 1 aliphatic heterocycles. The number of aromatic nitrogens is 3. The quantitative estimate of drug-likeness (QED) is 0.438. The first-order valence-electron chi connectivity index (χ1n) is 11.0. The Morgan fingerprint density at radius 3 is 2.48 bits per heavy atom. The summed E-state index contributed by atoms with van der Waals surface area (Å²) in [6.45, 7) is 5.19. The van der Waals surface area contributed by atoms with Crippen molar-refractivity contribution in [3.63, 3.8) is 0 Å². The van der Waals surface area contributed by atoms with Crippen LogP contribution in [0.5, 0.6) is 5.88 Å². The van der Waals surface area contributed by atoms with E-state index in [9.17, 15) is 28.3 Å². The van der Waals surface area contributed by atoms with Crippen LogP contribution < -0.4 is 15.4 Å². The van der Waals surface area contributed by atoms with Crippen molar-refractivity contribution in [1.82, 2.24) is 19.8 Å². The van der Waals surface area contributed by atoms with Gasteiger partial charge in [0, 0.05) is 12.1 Å². The Morgan fingerprint density at radius 2 is 1.91 bits per heavy atom. The number of alkyl halides is 2. The summed E-state index contributed by atoms with van der Waals surface area (Å²) in [6, 6.07) is 0.00357. The van der Waals surface area contributed by atoms with E-state index in [1.54, 1.807) is 6.92 Å². The lowest BCUT2D eigenvalue weighted by Gasteiger charge is -2.12. The third-order valence-electron chi connectivity index (χ3n) is 5.86. The second-order valence-corrected chi connectivity index (χ2v) is 9.17. The minimum Gasteiger partial charge on any atom is -0.477 e. The number of halogens is 2. The molecule has 0 spiro atoms. The lowest BCUT2D eigenvalue weighted by Crippen LogP contribution is -2.46. The van der Waals surface area contributed by atoms with Crippen LogP contribution in [0.4, 0.5) is 8.78 Å². The summed E-state index contributed by atoms with van der Waals surface area (Å²) in [7, 11) is 0. The predicted octanol–water partition coefficient (Wildman–Crippen LogP) is 1.01. The molecule has 3 N–H and O–H groups in total. The molecular weight excluding hydrogens is 436 g/mol. The van der Waals surface area contributed by atoms with Crippen molar-refractivity contribution in [2.45, 2.75) is 58.5 Å². The summed E-state index contributed by atoms with van der Waals surface area (Å²) >= 11 is 0. The van der Waals surface area contributed by atoms with E-state index in [1.807, 2.05) is 13.8 Å². The maximum atomic E-state index is 13.5. The maximum absolute atomic E-state index is 13.5. The minimum absolute atomic E-state index is 0.00357. The zero-order valence-corrected chi connectivity index (χ0v) is 18.8. The minimum atomic E-state index is -1.71. The highest BCUT2D eigenvalue weighted by Crippen LogP contribution is 2.22. The van der Waals surface area contributed by atoms with Crippen LogP contribution in [0.2, 0.25) is 0 Å². The van der Waals surface area contributed by atoms with Gasteiger partial charge in [0.15, 0.2) is 12.3 Å². The number of amides is 2. The van der Waals surface area contributed by atoms with Gasteiger partial charge in [0.1, 0.15) is 0 Å². The smallest absolute Gasteiger partial charge is 0.378 e. The van der Waals surface area contributed by atoms with Gasteiger partial charge in [0.05, 0.1) is 30.9 Å². The number of carbonyl (C=O) groups excluding carboxylic acids is 2. The Morgan fingerprint density at radius 1 is 1.27 bits per heavy atom. The van der Waals surface area contributed by atoms with Gasteiger partial charge in [-0.3, -0.25) is 9.59 Å². The van der Waals surface area contributed by atoms with Gasteiger partial charge in [-0.15, -0.1) is 0 Å². The first-order valence-corrected chi connectivity index (χ1v) is 11.0. The van der Waals surface area contributed by atoms with Crippen LogP contribution in [0.3, 0.4) is 0 Å². The molecule has 178 valence electrons. The Labute approximate surface area is 188 Å². The summed E-state index contributed by atoms with van der Waals surface area (Å²) in [4.78, 5) is 39.3. The van der Waals surface area contributed by atoms with Crippen molar-refractivity contribution in [3.05, 3.63) is 33.3 Å². The second-order valence-electron chi connectivity index (χ2n) is 9.17. The van der Waals surface area contributed by atoms with Gasteiger partial charge in [0.25, 0.3) is 5.91 Å². The van der Waals surface area contributed by atoms with Gasteiger partial charge in [-0.1, -0.05) is 18.4 Å². The van der Waals surface area contributed by atoms with E-state index in [4.69, 9.17) is 0 Å². The van der Waals surface area contributed by atoms with Crippen LogP contribution in [0.15, 0.2) is 10.9 Å². The molecule has 1 aliphatic carbocycles. The number of aromatic hydroxyl groups is 1. The molecule has 0 bridgehead atoms. The Kier molecular flexibility index (Phi) is 5.98. The Balaban J connectivity index is 1.79.